The molecule has 21 heavy (non-hydrogen) atoms. The van der Waals surface area contributed by atoms with Crippen molar-refractivity contribution in [3.8, 4) is 5.75 Å². The molecule has 5 heteroatoms. The van der Waals surface area contributed by atoms with Crippen LogP contribution in [0, 0.1) is 0 Å². The maximum absolute atomic E-state index is 5.97. The van der Waals surface area contributed by atoms with Crippen LogP contribution in [-0.4, -0.2) is 55.9 Å². The molecule has 1 saturated heterocycles. The number of nitrogens with zero attached hydrogens (tertiary/aromatic N) is 2. The lowest BCUT2D eigenvalue weighted by atomic mass is 10.0. The quantitative estimate of drug-likeness (QED) is 0.831. The summed E-state index contributed by atoms with van der Waals surface area (Å²) in [5.74, 6) is 0.831. The highest BCUT2D eigenvalue weighted by atomic mass is 16.5. The number of likely N-dealkylation sites (N-methyl/N-ethyl adjacent to an activating group) is 2. The van der Waals surface area contributed by atoms with Crippen LogP contribution < -0.4 is 10.1 Å². The van der Waals surface area contributed by atoms with Crippen molar-refractivity contribution >= 4 is 0 Å². The molecule has 2 atom stereocenters. The van der Waals surface area contributed by atoms with Crippen molar-refractivity contribution in [3.05, 3.63) is 24.0 Å². The molecule has 0 saturated carbocycles. The first kappa shape index (κ1) is 16.2. The van der Waals surface area contributed by atoms with E-state index in [9.17, 15) is 0 Å². The Hall–Kier alpha value is -1.17. The van der Waals surface area contributed by atoms with E-state index in [2.05, 4.69) is 35.1 Å². The second kappa shape index (κ2) is 8.32. The Morgan fingerprint density at radius 2 is 2.33 bits per heavy atom. The second-order valence-corrected chi connectivity index (χ2v) is 5.37. The summed E-state index contributed by atoms with van der Waals surface area (Å²) in [6.07, 6.45) is 4.81. The van der Waals surface area contributed by atoms with Gasteiger partial charge < -0.3 is 14.8 Å². The van der Waals surface area contributed by atoms with Gasteiger partial charge in [-0.25, -0.2) is 0 Å². The zero-order chi connectivity index (χ0) is 15.1. The summed E-state index contributed by atoms with van der Waals surface area (Å²) < 4.78 is 11.6. The third-order valence-electron chi connectivity index (χ3n) is 3.87. The number of hydrogen-bond donors (Lipinski definition) is 1. The third-order valence-corrected chi connectivity index (χ3v) is 3.87. The van der Waals surface area contributed by atoms with Crippen molar-refractivity contribution in [2.24, 2.45) is 0 Å². The second-order valence-electron chi connectivity index (χ2n) is 5.37. The van der Waals surface area contributed by atoms with E-state index in [-0.39, 0.29) is 12.1 Å². The van der Waals surface area contributed by atoms with Gasteiger partial charge in [-0.3, -0.25) is 9.88 Å². The first-order valence-corrected chi connectivity index (χ1v) is 7.87. The van der Waals surface area contributed by atoms with E-state index >= 15 is 0 Å². The number of rotatable bonds is 7. The van der Waals surface area contributed by atoms with Gasteiger partial charge in [-0.15, -0.1) is 0 Å². The predicted molar refractivity (Wildman–Crippen MR) is 83.7 cm³/mol. The highest BCUT2D eigenvalue weighted by Gasteiger charge is 2.28. The molecule has 0 spiro atoms. The highest BCUT2D eigenvalue weighted by Crippen LogP contribution is 2.24. The molecular formula is C16H27N3O2. The van der Waals surface area contributed by atoms with E-state index in [1.807, 2.05) is 13.2 Å². The Balaban J connectivity index is 2.09. The normalized spacial score (nSPS) is 21.2. The molecule has 2 unspecified atom stereocenters. The summed E-state index contributed by atoms with van der Waals surface area (Å²) in [6.45, 7) is 8.83. The van der Waals surface area contributed by atoms with Gasteiger partial charge in [-0.2, -0.15) is 0 Å². The van der Waals surface area contributed by atoms with Crippen LogP contribution in [0.4, 0.5) is 0 Å². The maximum Gasteiger partial charge on any atom is 0.137 e. The summed E-state index contributed by atoms with van der Waals surface area (Å²) in [5.41, 5.74) is 1.12. The van der Waals surface area contributed by atoms with Gasteiger partial charge in [0, 0.05) is 19.3 Å². The molecule has 1 N–H and O–H groups in total. The number of morpholine rings is 1. The minimum Gasteiger partial charge on any atom is -0.492 e. The summed E-state index contributed by atoms with van der Waals surface area (Å²) in [7, 11) is 1.97. The summed E-state index contributed by atoms with van der Waals surface area (Å²) >= 11 is 0. The van der Waals surface area contributed by atoms with Gasteiger partial charge in [0.15, 0.2) is 0 Å². The Morgan fingerprint density at radius 1 is 1.48 bits per heavy atom. The molecule has 0 radical (unpaired) electrons. The zero-order valence-electron chi connectivity index (χ0n) is 13.3. The average molecular weight is 293 g/mol. The molecule has 2 heterocycles. The lowest BCUT2D eigenvalue weighted by Gasteiger charge is -2.36. The topological polar surface area (TPSA) is 46.6 Å². The fourth-order valence-corrected chi connectivity index (χ4v) is 2.69. The van der Waals surface area contributed by atoms with Crippen molar-refractivity contribution in [1.29, 1.82) is 0 Å². The zero-order valence-corrected chi connectivity index (χ0v) is 13.3. The lowest BCUT2D eigenvalue weighted by molar-refractivity contribution is -0.0445. The van der Waals surface area contributed by atoms with Crippen molar-refractivity contribution in [1.82, 2.24) is 15.2 Å². The monoisotopic (exact) mass is 293 g/mol. The first-order chi connectivity index (χ1) is 10.3. The number of ether oxygens (including phenoxy) is 2. The van der Waals surface area contributed by atoms with Crippen LogP contribution in [-0.2, 0) is 4.74 Å². The van der Waals surface area contributed by atoms with Crippen LogP contribution >= 0.6 is 0 Å². The van der Waals surface area contributed by atoms with E-state index in [1.165, 1.54) is 0 Å². The lowest BCUT2D eigenvalue weighted by Crippen LogP contribution is -2.47. The minimum absolute atomic E-state index is 0.136. The van der Waals surface area contributed by atoms with Gasteiger partial charge >= 0.3 is 0 Å². The van der Waals surface area contributed by atoms with Gasteiger partial charge in [0.2, 0.25) is 0 Å². The Kier molecular flexibility index (Phi) is 6.42. The van der Waals surface area contributed by atoms with Crippen molar-refractivity contribution in [2.45, 2.75) is 32.4 Å². The van der Waals surface area contributed by atoms with E-state index in [4.69, 9.17) is 9.47 Å². The predicted octanol–water partition coefficient (Wildman–Crippen LogP) is 1.85. The number of pyridine rings is 1. The van der Waals surface area contributed by atoms with Gasteiger partial charge in [-0.1, -0.05) is 13.8 Å². The molecular weight excluding hydrogens is 266 g/mol. The van der Waals surface area contributed by atoms with Gasteiger partial charge in [-0.05, 0) is 31.6 Å². The SMILES string of the molecule is CCCOc1cncc(C(NC)C2CN(CC)CCO2)c1. The van der Waals surface area contributed by atoms with Crippen LogP contribution in [0.2, 0.25) is 0 Å². The third kappa shape index (κ3) is 4.40. The highest BCUT2D eigenvalue weighted by molar-refractivity contribution is 5.27. The molecule has 118 valence electrons. The Labute approximate surface area is 127 Å². The molecule has 2 rings (SSSR count). The molecule has 0 amide bonds. The molecule has 0 bridgehead atoms. The fourth-order valence-electron chi connectivity index (χ4n) is 2.69. The number of hydrogen-bond acceptors (Lipinski definition) is 5. The van der Waals surface area contributed by atoms with Crippen LogP contribution in [0.3, 0.4) is 0 Å². The summed E-state index contributed by atoms with van der Waals surface area (Å²) in [4.78, 5) is 6.73. The van der Waals surface area contributed by atoms with E-state index in [1.54, 1.807) is 6.20 Å². The first-order valence-electron chi connectivity index (χ1n) is 7.87. The van der Waals surface area contributed by atoms with E-state index in [0.717, 1.165) is 50.6 Å². The maximum atomic E-state index is 5.97. The Bertz CT molecular complexity index is 428. The average Bonchev–Trinajstić information content (AvgIpc) is 2.54. The van der Waals surface area contributed by atoms with Crippen molar-refractivity contribution < 1.29 is 9.47 Å². The molecule has 0 aromatic carbocycles. The van der Waals surface area contributed by atoms with Crippen molar-refractivity contribution in [2.75, 3.05) is 39.9 Å². The molecule has 1 aromatic rings. The van der Waals surface area contributed by atoms with Gasteiger partial charge in [0.25, 0.3) is 0 Å². The molecule has 1 aromatic heterocycles. The molecule has 1 aliphatic rings. The fraction of sp³-hybridized carbons (Fsp3) is 0.688. The Morgan fingerprint density at radius 3 is 3.05 bits per heavy atom. The minimum atomic E-state index is 0.136. The van der Waals surface area contributed by atoms with Gasteiger partial charge in [0.05, 0.1) is 31.6 Å². The number of nitrogens with one attached hydrogen (secondary N) is 1. The van der Waals surface area contributed by atoms with Crippen LogP contribution in [0.5, 0.6) is 5.75 Å². The largest absolute Gasteiger partial charge is 0.492 e. The van der Waals surface area contributed by atoms with Gasteiger partial charge in [0.1, 0.15) is 5.75 Å². The molecule has 1 fully saturated rings. The van der Waals surface area contributed by atoms with E-state index < -0.39 is 0 Å². The molecule has 0 aliphatic carbocycles. The van der Waals surface area contributed by atoms with Crippen LogP contribution in [0.1, 0.15) is 31.9 Å². The smallest absolute Gasteiger partial charge is 0.137 e. The molecule has 1 aliphatic heterocycles. The molecule has 5 nitrogen and oxygen atoms in total. The number of aromatic nitrogens is 1. The van der Waals surface area contributed by atoms with E-state index in [0.29, 0.717) is 0 Å². The summed E-state index contributed by atoms with van der Waals surface area (Å²) in [5, 5.41) is 3.37. The van der Waals surface area contributed by atoms with Crippen LogP contribution in [0.15, 0.2) is 18.5 Å². The standard InChI is InChI=1S/C16H27N3O2/c1-4-7-20-14-9-13(10-18-11-14)16(17-3)15-12-19(5-2)6-8-21-15/h9-11,15-17H,4-8,12H2,1-3H3. The van der Waals surface area contributed by atoms with Crippen LogP contribution in [0.25, 0.3) is 0 Å². The van der Waals surface area contributed by atoms with Crippen molar-refractivity contribution in [3.63, 3.8) is 0 Å². The summed E-state index contributed by atoms with van der Waals surface area (Å²) in [6, 6.07) is 2.20.